The van der Waals surface area contributed by atoms with Crippen molar-refractivity contribution in [2.45, 2.75) is 6.54 Å². The van der Waals surface area contributed by atoms with Gasteiger partial charge in [-0.15, -0.1) is 11.3 Å². The van der Waals surface area contributed by atoms with Gasteiger partial charge in [0.1, 0.15) is 5.82 Å². The van der Waals surface area contributed by atoms with Gasteiger partial charge in [0, 0.05) is 4.88 Å². The van der Waals surface area contributed by atoms with Crippen LogP contribution in [0.1, 0.15) is 20.1 Å². The summed E-state index contributed by atoms with van der Waals surface area (Å²) in [4.78, 5) is 13.7. The number of hydrogen-bond donors (Lipinski definition) is 2. The summed E-state index contributed by atoms with van der Waals surface area (Å²) in [5.74, 6) is 4.49. The standard InChI is InChI=1S/C15H12ClFN2OS/c16-12-4-1-5-13(17)14(12)15(20)19-9-11-7-6-10(21-11)3-2-8-18/h1,4-7H,8-9,18H2,(H,19,20). The van der Waals surface area contributed by atoms with Crippen molar-refractivity contribution in [2.75, 3.05) is 6.54 Å². The quantitative estimate of drug-likeness (QED) is 0.854. The minimum atomic E-state index is -0.638. The summed E-state index contributed by atoms with van der Waals surface area (Å²) in [5, 5.41) is 2.73. The summed E-state index contributed by atoms with van der Waals surface area (Å²) in [7, 11) is 0. The van der Waals surface area contributed by atoms with E-state index in [0.29, 0.717) is 13.1 Å². The van der Waals surface area contributed by atoms with Gasteiger partial charge >= 0.3 is 0 Å². The number of benzene rings is 1. The Balaban J connectivity index is 2.03. The number of halogens is 2. The highest BCUT2D eigenvalue weighted by Gasteiger charge is 2.15. The zero-order chi connectivity index (χ0) is 15.2. The van der Waals surface area contributed by atoms with Crippen LogP contribution in [-0.2, 0) is 6.54 Å². The number of thiophene rings is 1. The van der Waals surface area contributed by atoms with E-state index in [1.54, 1.807) is 0 Å². The summed E-state index contributed by atoms with van der Waals surface area (Å²) < 4.78 is 13.6. The highest BCUT2D eigenvalue weighted by Crippen LogP contribution is 2.19. The molecule has 0 aliphatic heterocycles. The van der Waals surface area contributed by atoms with Crippen LogP contribution in [-0.4, -0.2) is 12.5 Å². The number of amides is 1. The first kappa shape index (κ1) is 15.5. The monoisotopic (exact) mass is 322 g/mol. The molecule has 2 aromatic rings. The zero-order valence-corrected chi connectivity index (χ0v) is 12.5. The lowest BCUT2D eigenvalue weighted by molar-refractivity contribution is 0.0947. The van der Waals surface area contributed by atoms with E-state index in [4.69, 9.17) is 17.3 Å². The van der Waals surface area contributed by atoms with Crippen molar-refractivity contribution < 1.29 is 9.18 Å². The van der Waals surface area contributed by atoms with E-state index in [2.05, 4.69) is 17.2 Å². The third kappa shape index (κ3) is 4.05. The lowest BCUT2D eigenvalue weighted by atomic mass is 10.2. The van der Waals surface area contributed by atoms with Crippen molar-refractivity contribution >= 4 is 28.8 Å². The highest BCUT2D eigenvalue weighted by molar-refractivity contribution is 7.12. The molecule has 0 atom stereocenters. The topological polar surface area (TPSA) is 55.1 Å². The van der Waals surface area contributed by atoms with Gasteiger partial charge in [0.15, 0.2) is 0 Å². The summed E-state index contributed by atoms with van der Waals surface area (Å²) >= 11 is 7.29. The molecule has 0 aliphatic carbocycles. The van der Waals surface area contributed by atoms with Crippen LogP contribution in [0.5, 0.6) is 0 Å². The van der Waals surface area contributed by atoms with Gasteiger partial charge in [-0.1, -0.05) is 29.5 Å². The van der Waals surface area contributed by atoms with Crippen molar-refractivity contribution in [3.05, 3.63) is 56.5 Å². The largest absolute Gasteiger partial charge is 0.347 e. The normalized spacial score (nSPS) is 9.86. The first-order valence-electron chi connectivity index (χ1n) is 6.11. The van der Waals surface area contributed by atoms with Gasteiger partial charge in [0.2, 0.25) is 0 Å². The predicted molar refractivity (Wildman–Crippen MR) is 82.8 cm³/mol. The number of hydrogen-bond acceptors (Lipinski definition) is 3. The summed E-state index contributed by atoms with van der Waals surface area (Å²) in [5.41, 5.74) is 5.16. The van der Waals surface area contributed by atoms with E-state index in [1.807, 2.05) is 12.1 Å². The number of nitrogens with one attached hydrogen (secondary N) is 1. The van der Waals surface area contributed by atoms with E-state index in [1.165, 1.54) is 29.5 Å². The number of nitrogens with two attached hydrogens (primary N) is 1. The Morgan fingerprint density at radius 2 is 2.19 bits per heavy atom. The second-order valence-electron chi connectivity index (χ2n) is 4.05. The van der Waals surface area contributed by atoms with E-state index in [-0.39, 0.29) is 10.6 Å². The van der Waals surface area contributed by atoms with E-state index in [9.17, 15) is 9.18 Å². The van der Waals surface area contributed by atoms with Crippen LogP contribution in [0.4, 0.5) is 4.39 Å². The molecule has 0 radical (unpaired) electrons. The molecule has 0 saturated heterocycles. The predicted octanol–water partition coefficient (Wildman–Crippen LogP) is 2.78. The molecule has 0 saturated carbocycles. The Bertz CT molecular complexity index is 698. The molecule has 3 nitrogen and oxygen atoms in total. The molecule has 1 aromatic heterocycles. The Morgan fingerprint density at radius 1 is 1.38 bits per heavy atom. The molecule has 108 valence electrons. The molecule has 0 spiro atoms. The molecule has 2 rings (SSSR count). The van der Waals surface area contributed by atoms with Gasteiger partial charge in [-0.05, 0) is 24.3 Å². The lowest BCUT2D eigenvalue weighted by Crippen LogP contribution is -2.23. The van der Waals surface area contributed by atoms with Gasteiger partial charge in [0.25, 0.3) is 5.91 Å². The van der Waals surface area contributed by atoms with Gasteiger partial charge in [-0.25, -0.2) is 4.39 Å². The summed E-state index contributed by atoms with van der Waals surface area (Å²) in [6.45, 7) is 0.591. The third-order valence-corrected chi connectivity index (χ3v) is 3.90. The van der Waals surface area contributed by atoms with Crippen LogP contribution in [0.3, 0.4) is 0 Å². The van der Waals surface area contributed by atoms with Crippen LogP contribution < -0.4 is 11.1 Å². The highest BCUT2D eigenvalue weighted by atomic mass is 35.5. The molecular formula is C15H12ClFN2OS. The summed E-state index contributed by atoms with van der Waals surface area (Å²) in [6.07, 6.45) is 0. The Morgan fingerprint density at radius 3 is 2.90 bits per heavy atom. The van der Waals surface area contributed by atoms with Crippen LogP contribution in [0.2, 0.25) is 5.02 Å². The number of carbonyl (C=O) groups excluding carboxylic acids is 1. The van der Waals surface area contributed by atoms with Crippen LogP contribution >= 0.6 is 22.9 Å². The molecule has 1 aromatic carbocycles. The first-order chi connectivity index (χ1) is 10.1. The van der Waals surface area contributed by atoms with E-state index < -0.39 is 11.7 Å². The zero-order valence-electron chi connectivity index (χ0n) is 11.0. The Kier molecular flexibility index (Phi) is 5.34. The van der Waals surface area contributed by atoms with Crippen LogP contribution in [0, 0.1) is 17.7 Å². The molecule has 0 bridgehead atoms. The van der Waals surface area contributed by atoms with Crippen molar-refractivity contribution in [2.24, 2.45) is 5.73 Å². The fourth-order valence-electron chi connectivity index (χ4n) is 1.65. The smallest absolute Gasteiger partial charge is 0.256 e. The van der Waals surface area contributed by atoms with Crippen LogP contribution in [0.15, 0.2) is 30.3 Å². The van der Waals surface area contributed by atoms with E-state index in [0.717, 1.165) is 9.75 Å². The third-order valence-electron chi connectivity index (χ3n) is 2.59. The van der Waals surface area contributed by atoms with Crippen molar-refractivity contribution in [1.29, 1.82) is 0 Å². The maximum Gasteiger partial charge on any atom is 0.256 e. The number of rotatable bonds is 3. The molecule has 0 unspecified atom stereocenters. The minimum Gasteiger partial charge on any atom is -0.347 e. The maximum absolute atomic E-state index is 13.6. The average molecular weight is 323 g/mol. The van der Waals surface area contributed by atoms with Crippen LogP contribution in [0.25, 0.3) is 0 Å². The van der Waals surface area contributed by atoms with Crippen molar-refractivity contribution in [3.8, 4) is 11.8 Å². The van der Waals surface area contributed by atoms with E-state index >= 15 is 0 Å². The van der Waals surface area contributed by atoms with Crippen molar-refractivity contribution in [1.82, 2.24) is 5.32 Å². The van der Waals surface area contributed by atoms with Gasteiger partial charge < -0.3 is 11.1 Å². The first-order valence-corrected chi connectivity index (χ1v) is 7.31. The lowest BCUT2D eigenvalue weighted by Gasteiger charge is -2.06. The maximum atomic E-state index is 13.6. The molecule has 1 heterocycles. The molecule has 0 fully saturated rings. The Labute approximate surface area is 130 Å². The van der Waals surface area contributed by atoms with Gasteiger partial charge in [-0.2, -0.15) is 0 Å². The van der Waals surface area contributed by atoms with Crippen molar-refractivity contribution in [3.63, 3.8) is 0 Å². The molecule has 3 N–H and O–H groups in total. The minimum absolute atomic E-state index is 0.0909. The second kappa shape index (κ2) is 7.23. The molecular weight excluding hydrogens is 311 g/mol. The molecule has 0 aliphatic rings. The number of carbonyl (C=O) groups is 1. The average Bonchev–Trinajstić information content (AvgIpc) is 2.90. The fourth-order valence-corrected chi connectivity index (χ4v) is 2.72. The molecule has 1 amide bonds. The van der Waals surface area contributed by atoms with Gasteiger partial charge in [0.05, 0.1) is 28.6 Å². The van der Waals surface area contributed by atoms with Gasteiger partial charge in [-0.3, -0.25) is 4.79 Å². The fraction of sp³-hybridized carbons (Fsp3) is 0.133. The molecule has 6 heteroatoms. The molecule has 21 heavy (non-hydrogen) atoms. The SMILES string of the molecule is NCC#Cc1ccc(CNC(=O)c2c(F)cccc2Cl)s1. The second-order valence-corrected chi connectivity index (χ2v) is 5.63. The summed E-state index contributed by atoms with van der Waals surface area (Å²) in [6, 6.07) is 7.84. The Hall–Kier alpha value is -1.87.